The van der Waals surface area contributed by atoms with Gasteiger partial charge in [0, 0.05) is 0 Å². The fraction of sp³-hybridized carbons (Fsp3) is 0.667. The Hall–Kier alpha value is -0.800. The smallest absolute Gasteiger partial charge is 0.0864 e. The summed E-state index contributed by atoms with van der Waals surface area (Å²) in [6.45, 7) is 0. The number of rotatable bonds is 4. The zero-order valence-corrected chi connectivity index (χ0v) is 8.75. The summed E-state index contributed by atoms with van der Waals surface area (Å²) in [5, 5.41) is 18.1. The van der Waals surface area contributed by atoms with Crippen molar-refractivity contribution in [2.75, 3.05) is 0 Å². The zero-order chi connectivity index (χ0) is 10.7. The minimum absolute atomic E-state index is 0.105. The lowest BCUT2D eigenvalue weighted by molar-refractivity contribution is 0.0615. The van der Waals surface area contributed by atoms with Crippen LogP contribution in [0.3, 0.4) is 0 Å². The maximum Gasteiger partial charge on any atom is 0.0864 e. The van der Waals surface area contributed by atoms with Gasteiger partial charge in [0.2, 0.25) is 0 Å². The van der Waals surface area contributed by atoms with Crippen molar-refractivity contribution in [3.8, 4) is 0 Å². The summed E-state index contributed by atoms with van der Waals surface area (Å²) in [5.41, 5.74) is 0. The average molecular weight is 210 g/mol. The number of aliphatic hydroxyl groups excluding tert-OH is 2. The van der Waals surface area contributed by atoms with Crippen LogP contribution in [-0.2, 0) is 4.74 Å². The van der Waals surface area contributed by atoms with E-state index in [2.05, 4.69) is 0 Å². The van der Waals surface area contributed by atoms with E-state index < -0.39 is 0 Å². The molecule has 3 heteroatoms. The lowest BCUT2D eigenvalue weighted by atomic mass is 9.82. The number of aliphatic hydroxyl groups is 2. The fourth-order valence-electron chi connectivity index (χ4n) is 1.93. The van der Waals surface area contributed by atoms with E-state index in [4.69, 9.17) is 14.9 Å². The van der Waals surface area contributed by atoms with Gasteiger partial charge in [-0.15, -0.1) is 0 Å². The summed E-state index contributed by atoms with van der Waals surface area (Å²) in [6, 6.07) is 0. The molecular formula is C12H18O3. The predicted molar refractivity (Wildman–Crippen MR) is 56.8 cm³/mol. The van der Waals surface area contributed by atoms with Gasteiger partial charge >= 0.3 is 0 Å². The molecule has 2 aliphatic carbocycles. The van der Waals surface area contributed by atoms with Crippen molar-refractivity contribution in [3.63, 3.8) is 0 Å². The molecule has 0 heterocycles. The molecule has 2 rings (SSSR count). The molecule has 2 aliphatic rings. The molecule has 2 saturated carbocycles. The van der Waals surface area contributed by atoms with Crippen molar-refractivity contribution in [1.29, 1.82) is 0 Å². The second-order valence-electron chi connectivity index (χ2n) is 4.56. The SMILES string of the molecule is OC1CC(C=COC=CC2CC(O)C2)C1. The molecule has 2 N–H and O–H groups in total. The van der Waals surface area contributed by atoms with E-state index in [0.717, 1.165) is 25.7 Å². The predicted octanol–water partition coefficient (Wildman–Crippen LogP) is 1.57. The molecule has 0 aromatic heterocycles. The Bertz CT molecular complexity index is 222. The van der Waals surface area contributed by atoms with Crippen molar-refractivity contribution in [3.05, 3.63) is 24.7 Å². The first kappa shape index (κ1) is 10.7. The average Bonchev–Trinajstić information content (AvgIpc) is 2.11. The second kappa shape index (κ2) is 4.81. The lowest BCUT2D eigenvalue weighted by Crippen LogP contribution is -2.26. The highest BCUT2D eigenvalue weighted by atomic mass is 16.5. The molecule has 84 valence electrons. The number of ether oxygens (including phenoxy) is 1. The van der Waals surface area contributed by atoms with Crippen LogP contribution in [0.15, 0.2) is 24.7 Å². The van der Waals surface area contributed by atoms with Crippen molar-refractivity contribution in [1.82, 2.24) is 0 Å². The van der Waals surface area contributed by atoms with Gasteiger partial charge in [0.1, 0.15) is 0 Å². The van der Waals surface area contributed by atoms with E-state index in [1.807, 2.05) is 12.2 Å². The Morgan fingerprint density at radius 1 is 0.800 bits per heavy atom. The standard InChI is InChI=1S/C12H18O3/c13-11-5-9(6-11)1-3-15-4-2-10-7-12(14)8-10/h1-4,9-14H,5-8H2. The normalized spacial score (nSPS) is 40.4. The Labute approximate surface area is 90.1 Å². The first-order valence-corrected chi connectivity index (χ1v) is 5.59. The van der Waals surface area contributed by atoms with Gasteiger partial charge in [-0.1, -0.05) is 0 Å². The molecule has 15 heavy (non-hydrogen) atoms. The minimum Gasteiger partial charge on any atom is -0.473 e. The van der Waals surface area contributed by atoms with Crippen molar-refractivity contribution >= 4 is 0 Å². The topological polar surface area (TPSA) is 49.7 Å². The van der Waals surface area contributed by atoms with Crippen LogP contribution in [0, 0.1) is 11.8 Å². The highest BCUT2D eigenvalue weighted by molar-refractivity contribution is 4.96. The molecule has 0 aromatic carbocycles. The molecule has 3 nitrogen and oxygen atoms in total. The Kier molecular flexibility index (Phi) is 3.44. The summed E-state index contributed by atoms with van der Waals surface area (Å²) in [6.07, 6.45) is 10.6. The van der Waals surface area contributed by atoms with E-state index in [1.54, 1.807) is 12.5 Å². The molecule has 0 aromatic rings. The van der Waals surface area contributed by atoms with E-state index in [1.165, 1.54) is 0 Å². The summed E-state index contributed by atoms with van der Waals surface area (Å²) >= 11 is 0. The van der Waals surface area contributed by atoms with Crippen molar-refractivity contribution in [2.24, 2.45) is 11.8 Å². The van der Waals surface area contributed by atoms with Gasteiger partial charge in [0.05, 0.1) is 24.7 Å². The molecule has 0 bridgehead atoms. The van der Waals surface area contributed by atoms with Gasteiger partial charge in [-0.3, -0.25) is 0 Å². The molecular weight excluding hydrogens is 192 g/mol. The highest BCUT2D eigenvalue weighted by Gasteiger charge is 2.25. The van der Waals surface area contributed by atoms with Crippen LogP contribution in [0.1, 0.15) is 25.7 Å². The summed E-state index contributed by atoms with van der Waals surface area (Å²) in [5.74, 6) is 0.970. The van der Waals surface area contributed by atoms with E-state index >= 15 is 0 Å². The van der Waals surface area contributed by atoms with E-state index in [-0.39, 0.29) is 12.2 Å². The molecule has 0 spiro atoms. The van der Waals surface area contributed by atoms with Crippen LogP contribution in [0.2, 0.25) is 0 Å². The van der Waals surface area contributed by atoms with Crippen LogP contribution in [0.25, 0.3) is 0 Å². The van der Waals surface area contributed by atoms with Gasteiger partial charge < -0.3 is 14.9 Å². The lowest BCUT2D eigenvalue weighted by Gasteiger charge is -2.28. The van der Waals surface area contributed by atoms with Crippen LogP contribution in [0.4, 0.5) is 0 Å². The van der Waals surface area contributed by atoms with Crippen LogP contribution in [0.5, 0.6) is 0 Å². The summed E-state index contributed by atoms with van der Waals surface area (Å²) in [4.78, 5) is 0. The molecule has 2 fully saturated rings. The first-order chi connectivity index (χ1) is 7.24. The third-order valence-electron chi connectivity index (χ3n) is 3.16. The maximum atomic E-state index is 9.05. The summed E-state index contributed by atoms with van der Waals surface area (Å²) in [7, 11) is 0. The van der Waals surface area contributed by atoms with Gasteiger partial charge in [0.15, 0.2) is 0 Å². The largest absolute Gasteiger partial charge is 0.473 e. The molecule has 0 atom stereocenters. The third-order valence-corrected chi connectivity index (χ3v) is 3.16. The third kappa shape index (κ3) is 3.08. The fourth-order valence-corrected chi connectivity index (χ4v) is 1.93. The van der Waals surface area contributed by atoms with Gasteiger partial charge in [0.25, 0.3) is 0 Å². The molecule has 0 saturated heterocycles. The van der Waals surface area contributed by atoms with Gasteiger partial charge in [-0.2, -0.15) is 0 Å². The zero-order valence-electron chi connectivity index (χ0n) is 8.75. The summed E-state index contributed by atoms with van der Waals surface area (Å²) < 4.78 is 5.19. The Morgan fingerprint density at radius 3 is 1.53 bits per heavy atom. The van der Waals surface area contributed by atoms with Crippen LogP contribution in [-0.4, -0.2) is 22.4 Å². The Balaban J connectivity index is 1.54. The van der Waals surface area contributed by atoms with E-state index in [9.17, 15) is 0 Å². The highest BCUT2D eigenvalue weighted by Crippen LogP contribution is 2.29. The first-order valence-electron chi connectivity index (χ1n) is 5.59. The molecule has 0 unspecified atom stereocenters. The van der Waals surface area contributed by atoms with Crippen molar-refractivity contribution in [2.45, 2.75) is 37.9 Å². The quantitative estimate of drug-likeness (QED) is 0.692. The monoisotopic (exact) mass is 210 g/mol. The number of hydrogen-bond acceptors (Lipinski definition) is 3. The number of allylic oxidation sites excluding steroid dienone is 2. The minimum atomic E-state index is -0.105. The molecule has 0 aliphatic heterocycles. The van der Waals surface area contributed by atoms with Crippen molar-refractivity contribution < 1.29 is 14.9 Å². The van der Waals surface area contributed by atoms with Crippen LogP contribution < -0.4 is 0 Å². The van der Waals surface area contributed by atoms with E-state index in [0.29, 0.717) is 11.8 Å². The second-order valence-corrected chi connectivity index (χ2v) is 4.56. The molecule has 0 amide bonds. The Morgan fingerprint density at radius 2 is 1.20 bits per heavy atom. The van der Waals surface area contributed by atoms with Gasteiger partial charge in [-0.05, 0) is 49.7 Å². The molecule has 0 radical (unpaired) electrons. The number of hydrogen-bond donors (Lipinski definition) is 2. The van der Waals surface area contributed by atoms with Gasteiger partial charge in [-0.25, -0.2) is 0 Å². The maximum absolute atomic E-state index is 9.05. The van der Waals surface area contributed by atoms with Crippen LogP contribution >= 0.6 is 0 Å².